The van der Waals surface area contributed by atoms with Crippen molar-refractivity contribution >= 4 is 11.6 Å². The molecule has 0 aliphatic rings. The summed E-state index contributed by atoms with van der Waals surface area (Å²) in [4.78, 5) is 4.24. The van der Waals surface area contributed by atoms with Crippen molar-refractivity contribution in [2.75, 3.05) is 0 Å². The predicted octanol–water partition coefficient (Wildman–Crippen LogP) is 6.27. The van der Waals surface area contributed by atoms with Gasteiger partial charge in [-0.2, -0.15) is 13.2 Å². The average molecular weight is 380 g/mol. The molecule has 1 atom stereocenters. The van der Waals surface area contributed by atoms with Gasteiger partial charge in [-0.1, -0.05) is 41.9 Å². The van der Waals surface area contributed by atoms with Gasteiger partial charge in [0.1, 0.15) is 5.82 Å². The lowest BCUT2D eigenvalue weighted by molar-refractivity contribution is -0.137. The molecule has 3 aromatic rings. The minimum atomic E-state index is -4.62. The van der Waals surface area contributed by atoms with Crippen LogP contribution >= 0.6 is 11.6 Å². The molecule has 0 saturated carbocycles. The summed E-state index contributed by atoms with van der Waals surface area (Å²) in [5.41, 5.74) is 0.638. The molecule has 1 heterocycles. The molecule has 0 N–H and O–H groups in total. The molecule has 2 aromatic carbocycles. The molecule has 6 heteroatoms. The fourth-order valence-electron chi connectivity index (χ4n) is 2.81. The number of benzene rings is 2. The van der Waals surface area contributed by atoms with Crippen LogP contribution in [0.2, 0.25) is 5.02 Å². The van der Waals surface area contributed by atoms with Gasteiger partial charge in [0.2, 0.25) is 0 Å². The first kappa shape index (κ1) is 18.4. The Balaban J connectivity index is 2.08. The molecule has 0 spiro atoms. The van der Waals surface area contributed by atoms with Crippen molar-refractivity contribution in [2.45, 2.75) is 18.5 Å². The molecule has 0 aliphatic heterocycles. The first-order valence-electron chi connectivity index (χ1n) is 7.86. The molecular weight excluding hydrogens is 366 g/mol. The number of hydrogen-bond donors (Lipinski definition) is 0. The maximum Gasteiger partial charge on any atom is 0.416 e. The Labute approximate surface area is 153 Å². The van der Waals surface area contributed by atoms with Gasteiger partial charge in [0, 0.05) is 17.8 Å². The summed E-state index contributed by atoms with van der Waals surface area (Å²) in [6.45, 7) is 0. The lowest BCUT2D eigenvalue weighted by Crippen LogP contribution is -2.11. The van der Waals surface area contributed by atoms with Gasteiger partial charge in [-0.15, -0.1) is 0 Å². The van der Waals surface area contributed by atoms with Crippen LogP contribution in [0.15, 0.2) is 66.9 Å². The van der Waals surface area contributed by atoms with Gasteiger partial charge >= 0.3 is 6.18 Å². The van der Waals surface area contributed by atoms with Crippen molar-refractivity contribution in [1.82, 2.24) is 4.98 Å². The van der Waals surface area contributed by atoms with Crippen molar-refractivity contribution in [3.63, 3.8) is 0 Å². The van der Waals surface area contributed by atoms with Gasteiger partial charge in [0.05, 0.1) is 10.6 Å². The highest BCUT2D eigenvalue weighted by Crippen LogP contribution is 2.35. The molecule has 1 aromatic heterocycles. The van der Waals surface area contributed by atoms with Crippen LogP contribution in [0.3, 0.4) is 0 Å². The maximum atomic E-state index is 13.9. The number of hydrogen-bond acceptors (Lipinski definition) is 1. The van der Waals surface area contributed by atoms with E-state index in [0.29, 0.717) is 23.2 Å². The van der Waals surface area contributed by atoms with Gasteiger partial charge in [0.25, 0.3) is 0 Å². The van der Waals surface area contributed by atoms with Crippen LogP contribution in [0.4, 0.5) is 17.6 Å². The van der Waals surface area contributed by atoms with Crippen LogP contribution in [0, 0.1) is 5.82 Å². The molecule has 0 radical (unpaired) electrons. The number of rotatable bonds is 4. The van der Waals surface area contributed by atoms with Gasteiger partial charge in [-0.05, 0) is 47.9 Å². The van der Waals surface area contributed by atoms with E-state index in [0.717, 1.165) is 17.7 Å². The molecule has 0 aliphatic carbocycles. The maximum absolute atomic E-state index is 13.9. The van der Waals surface area contributed by atoms with Crippen LogP contribution < -0.4 is 0 Å². The second-order valence-electron chi connectivity index (χ2n) is 5.91. The third-order valence-electron chi connectivity index (χ3n) is 4.04. The lowest BCUT2D eigenvalue weighted by atomic mass is 9.88. The monoisotopic (exact) mass is 379 g/mol. The molecular formula is C20H14ClF4N. The Morgan fingerprint density at radius 2 is 1.69 bits per heavy atom. The molecule has 0 amide bonds. The summed E-state index contributed by atoms with van der Waals surface area (Å²) in [7, 11) is 0. The zero-order valence-corrected chi connectivity index (χ0v) is 14.2. The van der Waals surface area contributed by atoms with Crippen LogP contribution in [0.5, 0.6) is 0 Å². The standard InChI is InChI=1S/C20H14ClF4N/c21-16-6-7-19(26-12-16)18(8-13-4-2-1-3-5-13)14-9-15(20(23,24)25)11-17(22)10-14/h1-7,9-12,18H,8H2. The van der Waals surface area contributed by atoms with Gasteiger partial charge in [-0.25, -0.2) is 4.39 Å². The SMILES string of the molecule is Fc1cc(C(Cc2ccccc2)c2ccc(Cl)cn2)cc(C(F)(F)F)c1. The topological polar surface area (TPSA) is 12.9 Å². The van der Waals surface area contributed by atoms with Crippen molar-refractivity contribution in [3.05, 3.63) is 100 Å². The van der Waals surface area contributed by atoms with E-state index in [1.807, 2.05) is 30.3 Å². The minimum absolute atomic E-state index is 0.219. The Bertz CT molecular complexity index is 877. The van der Waals surface area contributed by atoms with Crippen molar-refractivity contribution in [2.24, 2.45) is 0 Å². The number of pyridine rings is 1. The second kappa shape index (κ2) is 7.46. The van der Waals surface area contributed by atoms with Crippen molar-refractivity contribution < 1.29 is 17.6 Å². The largest absolute Gasteiger partial charge is 0.416 e. The van der Waals surface area contributed by atoms with Crippen molar-refractivity contribution in [1.29, 1.82) is 0 Å². The summed E-state index contributed by atoms with van der Waals surface area (Å²) in [5.74, 6) is -1.46. The van der Waals surface area contributed by atoms with Crippen LogP contribution in [0.25, 0.3) is 0 Å². The van der Waals surface area contributed by atoms with Gasteiger partial charge < -0.3 is 0 Å². The minimum Gasteiger partial charge on any atom is -0.259 e. The van der Waals surface area contributed by atoms with E-state index in [4.69, 9.17) is 11.6 Å². The zero-order valence-electron chi connectivity index (χ0n) is 13.5. The summed E-state index contributed by atoms with van der Waals surface area (Å²) < 4.78 is 53.2. The zero-order chi connectivity index (χ0) is 18.7. The second-order valence-corrected chi connectivity index (χ2v) is 6.35. The Hall–Kier alpha value is -2.40. The van der Waals surface area contributed by atoms with E-state index in [1.54, 1.807) is 12.1 Å². The first-order valence-corrected chi connectivity index (χ1v) is 8.24. The highest BCUT2D eigenvalue weighted by molar-refractivity contribution is 6.30. The highest BCUT2D eigenvalue weighted by atomic mass is 35.5. The van der Waals surface area contributed by atoms with Gasteiger partial charge in [-0.3, -0.25) is 4.98 Å². The summed E-state index contributed by atoms with van der Waals surface area (Å²) in [6.07, 6.45) is -2.81. The number of alkyl halides is 3. The lowest BCUT2D eigenvalue weighted by Gasteiger charge is -2.19. The first-order chi connectivity index (χ1) is 12.3. The molecule has 1 unspecified atom stereocenters. The Morgan fingerprint density at radius 3 is 2.31 bits per heavy atom. The number of halogens is 5. The fraction of sp³-hybridized carbons (Fsp3) is 0.150. The molecule has 3 rings (SSSR count). The smallest absolute Gasteiger partial charge is 0.259 e. The number of aromatic nitrogens is 1. The Kier molecular flexibility index (Phi) is 5.28. The van der Waals surface area contributed by atoms with Gasteiger partial charge in [0.15, 0.2) is 0 Å². The third kappa shape index (κ3) is 4.41. The summed E-state index contributed by atoms with van der Waals surface area (Å²) in [6, 6.07) is 15.1. The van der Waals surface area contributed by atoms with E-state index < -0.39 is 23.5 Å². The fourth-order valence-corrected chi connectivity index (χ4v) is 2.93. The van der Waals surface area contributed by atoms with E-state index in [9.17, 15) is 17.6 Å². The molecule has 26 heavy (non-hydrogen) atoms. The van der Waals surface area contributed by atoms with Crippen LogP contribution in [-0.2, 0) is 12.6 Å². The molecule has 0 bridgehead atoms. The summed E-state index contributed by atoms with van der Waals surface area (Å²) in [5, 5.41) is 0.419. The van der Waals surface area contributed by atoms with Crippen molar-refractivity contribution in [3.8, 4) is 0 Å². The molecule has 1 nitrogen and oxygen atoms in total. The average Bonchev–Trinajstić information content (AvgIpc) is 2.60. The quantitative estimate of drug-likeness (QED) is 0.487. The predicted molar refractivity (Wildman–Crippen MR) is 92.6 cm³/mol. The molecule has 0 saturated heterocycles. The summed E-state index contributed by atoms with van der Waals surface area (Å²) >= 11 is 5.86. The van der Waals surface area contributed by atoms with E-state index >= 15 is 0 Å². The van der Waals surface area contributed by atoms with Crippen LogP contribution in [-0.4, -0.2) is 4.98 Å². The van der Waals surface area contributed by atoms with E-state index in [1.165, 1.54) is 6.20 Å². The number of nitrogens with zero attached hydrogens (tertiary/aromatic N) is 1. The highest BCUT2D eigenvalue weighted by Gasteiger charge is 2.32. The van der Waals surface area contributed by atoms with E-state index in [2.05, 4.69) is 4.98 Å². The van der Waals surface area contributed by atoms with E-state index in [-0.39, 0.29) is 5.56 Å². The van der Waals surface area contributed by atoms with Crippen LogP contribution in [0.1, 0.15) is 28.3 Å². The molecule has 134 valence electrons. The molecule has 0 fully saturated rings. The normalized spacial score (nSPS) is 12.8. The Morgan fingerprint density at radius 1 is 0.962 bits per heavy atom. The third-order valence-corrected chi connectivity index (χ3v) is 4.26.